The van der Waals surface area contributed by atoms with E-state index in [1.807, 2.05) is 44.2 Å². The van der Waals surface area contributed by atoms with E-state index in [1.54, 1.807) is 4.68 Å². The van der Waals surface area contributed by atoms with Crippen LogP contribution in [0.2, 0.25) is 0 Å². The molecule has 19 heavy (non-hydrogen) atoms. The van der Waals surface area contributed by atoms with Gasteiger partial charge in [-0.15, -0.1) is 0 Å². The van der Waals surface area contributed by atoms with Crippen molar-refractivity contribution >= 4 is 11.6 Å². The van der Waals surface area contributed by atoms with Crippen LogP contribution in [-0.2, 0) is 17.9 Å². The molecule has 0 spiro atoms. The van der Waals surface area contributed by atoms with Crippen molar-refractivity contribution in [1.29, 1.82) is 0 Å². The normalized spacial score (nSPS) is 10.4. The first-order valence-corrected chi connectivity index (χ1v) is 6.18. The average Bonchev–Trinajstić information content (AvgIpc) is 2.65. The van der Waals surface area contributed by atoms with Crippen molar-refractivity contribution in [2.45, 2.75) is 26.9 Å². The number of aromatic nitrogens is 2. The average molecular weight is 258 g/mol. The maximum Gasteiger partial charge on any atom is 0.242 e. The summed E-state index contributed by atoms with van der Waals surface area (Å²) in [4.78, 5) is 11.8. The second kappa shape index (κ2) is 5.56. The Morgan fingerprint density at radius 1 is 1.32 bits per heavy atom. The van der Waals surface area contributed by atoms with Crippen LogP contribution in [0.15, 0.2) is 30.3 Å². The number of aryl methyl sites for hydroxylation is 1. The molecule has 5 heteroatoms. The highest BCUT2D eigenvalue weighted by Crippen LogP contribution is 2.14. The molecule has 0 saturated heterocycles. The van der Waals surface area contributed by atoms with E-state index in [-0.39, 0.29) is 12.5 Å². The van der Waals surface area contributed by atoms with Gasteiger partial charge >= 0.3 is 0 Å². The van der Waals surface area contributed by atoms with Crippen LogP contribution in [0.4, 0.5) is 5.69 Å². The Labute approximate surface area is 112 Å². The Bertz CT molecular complexity index is 575. The van der Waals surface area contributed by atoms with Crippen molar-refractivity contribution in [3.63, 3.8) is 0 Å². The number of amides is 1. The Kier molecular flexibility index (Phi) is 3.85. The molecule has 5 nitrogen and oxygen atoms in total. The van der Waals surface area contributed by atoms with Gasteiger partial charge in [-0.2, -0.15) is 5.10 Å². The van der Waals surface area contributed by atoms with E-state index in [0.717, 1.165) is 17.0 Å². The zero-order valence-electron chi connectivity index (χ0n) is 11.2. The van der Waals surface area contributed by atoms with Crippen LogP contribution in [0, 0.1) is 13.8 Å². The molecule has 0 aliphatic rings. The second-order valence-corrected chi connectivity index (χ2v) is 4.50. The SMILES string of the molecule is Cc1nn(CC(=O)NCc2ccccc2)c(C)c1N. The Hall–Kier alpha value is -2.30. The maximum absolute atomic E-state index is 11.8. The molecule has 1 aromatic carbocycles. The van der Waals surface area contributed by atoms with Crippen LogP contribution in [-0.4, -0.2) is 15.7 Å². The molecule has 3 N–H and O–H groups in total. The van der Waals surface area contributed by atoms with E-state index in [2.05, 4.69) is 10.4 Å². The number of anilines is 1. The summed E-state index contributed by atoms with van der Waals surface area (Å²) in [5.74, 6) is -0.0746. The summed E-state index contributed by atoms with van der Waals surface area (Å²) in [6.45, 7) is 4.41. The van der Waals surface area contributed by atoms with Gasteiger partial charge < -0.3 is 11.1 Å². The molecular formula is C14H18N4O. The third kappa shape index (κ3) is 3.13. The van der Waals surface area contributed by atoms with Crippen molar-refractivity contribution in [3.05, 3.63) is 47.3 Å². The van der Waals surface area contributed by atoms with E-state index >= 15 is 0 Å². The lowest BCUT2D eigenvalue weighted by Gasteiger charge is -2.07. The van der Waals surface area contributed by atoms with Gasteiger partial charge in [0.15, 0.2) is 0 Å². The fourth-order valence-corrected chi connectivity index (χ4v) is 1.85. The van der Waals surface area contributed by atoms with Gasteiger partial charge in [0.1, 0.15) is 6.54 Å². The standard InChI is InChI=1S/C14H18N4O/c1-10-14(15)11(2)18(17-10)9-13(19)16-8-12-6-4-3-5-7-12/h3-7H,8-9,15H2,1-2H3,(H,16,19). The van der Waals surface area contributed by atoms with Gasteiger partial charge in [0, 0.05) is 6.54 Å². The van der Waals surface area contributed by atoms with Gasteiger partial charge in [-0.05, 0) is 19.4 Å². The first-order chi connectivity index (χ1) is 9.08. The van der Waals surface area contributed by atoms with E-state index in [4.69, 9.17) is 5.73 Å². The zero-order chi connectivity index (χ0) is 13.8. The second-order valence-electron chi connectivity index (χ2n) is 4.50. The molecule has 1 amide bonds. The van der Waals surface area contributed by atoms with E-state index in [9.17, 15) is 4.79 Å². The lowest BCUT2D eigenvalue weighted by molar-refractivity contribution is -0.122. The van der Waals surface area contributed by atoms with Crippen molar-refractivity contribution in [2.75, 3.05) is 5.73 Å². The fourth-order valence-electron chi connectivity index (χ4n) is 1.85. The molecule has 100 valence electrons. The molecule has 2 rings (SSSR count). The molecular weight excluding hydrogens is 240 g/mol. The topological polar surface area (TPSA) is 72.9 Å². The Balaban J connectivity index is 1.93. The molecule has 0 atom stereocenters. The number of carbonyl (C=O) groups is 1. The van der Waals surface area contributed by atoms with Crippen molar-refractivity contribution in [2.24, 2.45) is 0 Å². The minimum Gasteiger partial charge on any atom is -0.396 e. The summed E-state index contributed by atoms with van der Waals surface area (Å²) in [7, 11) is 0. The van der Waals surface area contributed by atoms with Crippen molar-refractivity contribution < 1.29 is 4.79 Å². The van der Waals surface area contributed by atoms with E-state index in [0.29, 0.717) is 12.2 Å². The summed E-state index contributed by atoms with van der Waals surface area (Å²) in [5.41, 5.74) is 9.13. The lowest BCUT2D eigenvalue weighted by atomic mass is 10.2. The third-order valence-corrected chi connectivity index (χ3v) is 3.06. The molecule has 0 bridgehead atoms. The van der Waals surface area contributed by atoms with Crippen LogP contribution >= 0.6 is 0 Å². The monoisotopic (exact) mass is 258 g/mol. The molecule has 0 radical (unpaired) electrons. The summed E-state index contributed by atoms with van der Waals surface area (Å²) >= 11 is 0. The largest absolute Gasteiger partial charge is 0.396 e. The number of rotatable bonds is 4. The minimum atomic E-state index is -0.0746. The molecule has 0 aliphatic carbocycles. The highest BCUT2D eigenvalue weighted by Gasteiger charge is 2.11. The first kappa shape index (κ1) is 13.1. The van der Waals surface area contributed by atoms with E-state index in [1.165, 1.54) is 0 Å². The minimum absolute atomic E-state index is 0.0746. The summed E-state index contributed by atoms with van der Waals surface area (Å²) in [6.07, 6.45) is 0. The summed E-state index contributed by atoms with van der Waals surface area (Å²) < 4.78 is 1.63. The van der Waals surface area contributed by atoms with Crippen molar-refractivity contribution in [3.8, 4) is 0 Å². The third-order valence-electron chi connectivity index (χ3n) is 3.06. The van der Waals surface area contributed by atoms with Crippen LogP contribution in [0.5, 0.6) is 0 Å². The predicted octanol–water partition coefficient (Wildman–Crippen LogP) is 1.40. The number of nitrogens with one attached hydrogen (secondary N) is 1. The summed E-state index contributed by atoms with van der Waals surface area (Å²) in [6, 6.07) is 9.79. The smallest absolute Gasteiger partial charge is 0.242 e. The Morgan fingerprint density at radius 2 is 2.00 bits per heavy atom. The molecule has 1 heterocycles. The zero-order valence-corrected chi connectivity index (χ0v) is 11.2. The van der Waals surface area contributed by atoms with Crippen LogP contribution in [0.1, 0.15) is 17.0 Å². The number of nitrogens with zero attached hydrogens (tertiary/aromatic N) is 2. The number of hydrogen-bond acceptors (Lipinski definition) is 3. The quantitative estimate of drug-likeness (QED) is 0.870. The highest BCUT2D eigenvalue weighted by molar-refractivity contribution is 5.75. The number of nitrogen functional groups attached to an aromatic ring is 1. The highest BCUT2D eigenvalue weighted by atomic mass is 16.2. The molecule has 1 aromatic heterocycles. The van der Waals surface area contributed by atoms with E-state index < -0.39 is 0 Å². The van der Waals surface area contributed by atoms with Gasteiger partial charge in [0.2, 0.25) is 5.91 Å². The van der Waals surface area contributed by atoms with Crippen LogP contribution in [0.3, 0.4) is 0 Å². The summed E-state index contributed by atoms with van der Waals surface area (Å²) in [5, 5.41) is 7.10. The Morgan fingerprint density at radius 3 is 2.58 bits per heavy atom. The molecule has 0 fully saturated rings. The number of benzene rings is 1. The van der Waals surface area contributed by atoms with Crippen LogP contribution < -0.4 is 11.1 Å². The maximum atomic E-state index is 11.8. The number of carbonyl (C=O) groups excluding carboxylic acids is 1. The predicted molar refractivity (Wildman–Crippen MR) is 74.4 cm³/mol. The van der Waals surface area contributed by atoms with Gasteiger partial charge in [-0.1, -0.05) is 30.3 Å². The van der Waals surface area contributed by atoms with Gasteiger partial charge in [0.05, 0.1) is 17.1 Å². The molecule has 2 aromatic rings. The fraction of sp³-hybridized carbons (Fsp3) is 0.286. The molecule has 0 aliphatic heterocycles. The molecule has 0 unspecified atom stereocenters. The number of hydrogen-bond donors (Lipinski definition) is 2. The lowest BCUT2D eigenvalue weighted by Crippen LogP contribution is -2.28. The first-order valence-electron chi connectivity index (χ1n) is 6.18. The van der Waals surface area contributed by atoms with Crippen LogP contribution in [0.25, 0.3) is 0 Å². The van der Waals surface area contributed by atoms with Crippen molar-refractivity contribution in [1.82, 2.24) is 15.1 Å². The van der Waals surface area contributed by atoms with Gasteiger partial charge in [-0.3, -0.25) is 9.48 Å². The van der Waals surface area contributed by atoms with Gasteiger partial charge in [0.25, 0.3) is 0 Å². The molecule has 0 saturated carbocycles. The van der Waals surface area contributed by atoms with Gasteiger partial charge in [-0.25, -0.2) is 0 Å². The number of nitrogens with two attached hydrogens (primary N) is 1.